The van der Waals surface area contributed by atoms with Gasteiger partial charge in [-0.25, -0.2) is 0 Å². The topological polar surface area (TPSA) is 29.1 Å². The molecule has 92 valence electrons. The Morgan fingerprint density at radius 2 is 2.12 bits per heavy atom. The van der Waals surface area contributed by atoms with Crippen LogP contribution in [0.2, 0.25) is 5.02 Å². The van der Waals surface area contributed by atoms with E-state index in [2.05, 4.69) is 0 Å². The molecule has 1 aromatic rings. The Hall–Kier alpha value is -1.49. The lowest BCUT2D eigenvalue weighted by Gasteiger charge is -2.04. The van der Waals surface area contributed by atoms with E-state index >= 15 is 0 Å². The van der Waals surface area contributed by atoms with Crippen LogP contribution in [-0.2, 0) is 4.79 Å². The second-order valence-electron chi connectivity index (χ2n) is 3.17. The quantitative estimate of drug-likeness (QED) is 0.892. The van der Waals surface area contributed by atoms with Gasteiger partial charge in [0.2, 0.25) is 0 Å². The van der Waals surface area contributed by atoms with E-state index in [9.17, 15) is 18.0 Å². The molecule has 0 fully saturated rings. The lowest BCUT2D eigenvalue weighted by atomic mass is 10.2. The summed E-state index contributed by atoms with van der Waals surface area (Å²) >= 11 is 5.72. The van der Waals surface area contributed by atoms with E-state index in [1.807, 2.05) is 0 Å². The van der Waals surface area contributed by atoms with Crippen molar-refractivity contribution < 1.29 is 18.0 Å². The first-order valence-electron chi connectivity index (χ1n) is 4.67. The zero-order chi connectivity index (χ0) is 12.9. The molecule has 0 saturated heterocycles. The Bertz CT molecular complexity index is 429. The van der Waals surface area contributed by atoms with Crippen molar-refractivity contribution >= 4 is 23.6 Å². The van der Waals surface area contributed by atoms with Gasteiger partial charge in [0.1, 0.15) is 0 Å². The molecule has 1 amide bonds. The number of benzene rings is 1. The van der Waals surface area contributed by atoms with Crippen LogP contribution in [0.1, 0.15) is 5.56 Å². The maximum absolute atomic E-state index is 11.8. The number of amides is 1. The van der Waals surface area contributed by atoms with Crippen LogP contribution in [0, 0.1) is 0 Å². The number of halogens is 4. The molecule has 0 aliphatic carbocycles. The van der Waals surface area contributed by atoms with Crippen molar-refractivity contribution in [2.24, 2.45) is 0 Å². The van der Waals surface area contributed by atoms with Crippen molar-refractivity contribution in [2.75, 3.05) is 6.54 Å². The van der Waals surface area contributed by atoms with Gasteiger partial charge < -0.3 is 5.32 Å². The zero-order valence-electron chi connectivity index (χ0n) is 8.59. The summed E-state index contributed by atoms with van der Waals surface area (Å²) in [5.74, 6) is -1.95. The van der Waals surface area contributed by atoms with Crippen molar-refractivity contribution in [2.45, 2.75) is 6.18 Å². The van der Waals surface area contributed by atoms with Crippen molar-refractivity contribution in [3.05, 3.63) is 40.9 Å². The molecule has 0 bridgehead atoms. The lowest BCUT2D eigenvalue weighted by Crippen LogP contribution is -2.36. The van der Waals surface area contributed by atoms with Gasteiger partial charge in [-0.3, -0.25) is 4.79 Å². The second kappa shape index (κ2) is 5.72. The molecule has 0 saturated carbocycles. The summed E-state index contributed by atoms with van der Waals surface area (Å²) in [5, 5.41) is 2.26. The van der Waals surface area contributed by atoms with E-state index in [1.54, 1.807) is 35.7 Å². The molecule has 6 heteroatoms. The van der Waals surface area contributed by atoms with E-state index in [-0.39, 0.29) is 6.54 Å². The molecule has 0 unspecified atom stereocenters. The highest BCUT2D eigenvalue weighted by Gasteiger charge is 2.37. The maximum atomic E-state index is 11.8. The van der Waals surface area contributed by atoms with Crippen LogP contribution in [0.3, 0.4) is 0 Å². The van der Waals surface area contributed by atoms with E-state index < -0.39 is 12.1 Å². The fraction of sp³-hybridized carbons (Fsp3) is 0.182. The van der Waals surface area contributed by atoms with Crippen LogP contribution in [0.25, 0.3) is 6.08 Å². The third-order valence-corrected chi connectivity index (χ3v) is 2.03. The van der Waals surface area contributed by atoms with Gasteiger partial charge in [-0.15, -0.1) is 0 Å². The Morgan fingerprint density at radius 3 is 2.71 bits per heavy atom. The van der Waals surface area contributed by atoms with Crippen LogP contribution in [0.4, 0.5) is 13.2 Å². The smallest absolute Gasteiger partial charge is 0.345 e. The Kier molecular flexibility index (Phi) is 4.57. The predicted octanol–water partition coefficient (Wildman–Crippen LogP) is 3.03. The van der Waals surface area contributed by atoms with Crippen LogP contribution < -0.4 is 5.32 Å². The first-order valence-corrected chi connectivity index (χ1v) is 5.04. The number of carbonyl (C=O) groups excluding carboxylic acids is 1. The third-order valence-electron chi connectivity index (χ3n) is 1.80. The molecule has 1 N–H and O–H groups in total. The monoisotopic (exact) mass is 263 g/mol. The summed E-state index contributed by atoms with van der Waals surface area (Å²) < 4.78 is 35.4. The average molecular weight is 264 g/mol. The highest BCUT2D eigenvalue weighted by molar-refractivity contribution is 6.30. The molecule has 17 heavy (non-hydrogen) atoms. The Morgan fingerprint density at radius 1 is 1.41 bits per heavy atom. The van der Waals surface area contributed by atoms with Crippen molar-refractivity contribution in [3.8, 4) is 0 Å². The van der Waals surface area contributed by atoms with Gasteiger partial charge in [-0.2, -0.15) is 13.2 Å². The van der Waals surface area contributed by atoms with E-state index in [0.29, 0.717) is 5.02 Å². The van der Waals surface area contributed by atoms with Gasteiger partial charge in [-0.1, -0.05) is 35.9 Å². The summed E-state index contributed by atoms with van der Waals surface area (Å²) in [6.45, 7) is -0.190. The highest BCUT2D eigenvalue weighted by Crippen LogP contribution is 2.14. The largest absolute Gasteiger partial charge is 0.471 e. The number of nitrogens with one attached hydrogen (secondary N) is 1. The number of hydrogen-bond donors (Lipinski definition) is 1. The summed E-state index contributed by atoms with van der Waals surface area (Å²) in [4.78, 5) is 10.4. The molecule has 2 nitrogen and oxygen atoms in total. The van der Waals surface area contributed by atoms with Crippen LogP contribution in [0.5, 0.6) is 0 Å². The molecule has 0 atom stereocenters. The van der Waals surface area contributed by atoms with Gasteiger partial charge in [-0.05, 0) is 17.7 Å². The van der Waals surface area contributed by atoms with Gasteiger partial charge in [0.15, 0.2) is 0 Å². The van der Waals surface area contributed by atoms with Gasteiger partial charge >= 0.3 is 12.1 Å². The van der Waals surface area contributed by atoms with Crippen LogP contribution >= 0.6 is 11.6 Å². The summed E-state index contributed by atoms with van der Waals surface area (Å²) in [6.07, 6.45) is -1.86. The zero-order valence-corrected chi connectivity index (χ0v) is 9.35. The number of carbonyl (C=O) groups is 1. The van der Waals surface area contributed by atoms with Crippen molar-refractivity contribution in [1.82, 2.24) is 5.32 Å². The summed E-state index contributed by atoms with van der Waals surface area (Å²) in [5.41, 5.74) is 0.749. The minimum atomic E-state index is -4.84. The van der Waals surface area contributed by atoms with Gasteiger partial charge in [0, 0.05) is 11.6 Å². The Labute approximate surface area is 101 Å². The first-order chi connectivity index (χ1) is 7.89. The Balaban J connectivity index is 2.44. The highest BCUT2D eigenvalue weighted by atomic mass is 35.5. The van der Waals surface area contributed by atoms with E-state index in [0.717, 1.165) is 5.56 Å². The number of hydrogen-bond acceptors (Lipinski definition) is 1. The fourth-order valence-corrected chi connectivity index (χ4v) is 1.26. The molecule has 0 spiro atoms. The molecular formula is C11H9ClF3NO. The van der Waals surface area contributed by atoms with Gasteiger partial charge in [0.05, 0.1) is 0 Å². The second-order valence-corrected chi connectivity index (χ2v) is 3.60. The summed E-state index contributed by atoms with van der Waals surface area (Å²) in [7, 11) is 0. The van der Waals surface area contributed by atoms with Crippen molar-refractivity contribution in [1.29, 1.82) is 0 Å². The minimum Gasteiger partial charge on any atom is -0.345 e. The molecule has 0 heterocycles. The number of alkyl halides is 3. The predicted molar refractivity (Wildman–Crippen MR) is 59.6 cm³/mol. The van der Waals surface area contributed by atoms with E-state index in [4.69, 9.17) is 11.6 Å². The molecule has 0 radical (unpaired) electrons. The first kappa shape index (κ1) is 13.6. The SMILES string of the molecule is O=C(NCC=Cc1cccc(Cl)c1)C(F)(F)F. The molecule has 0 aliphatic rings. The molecule has 1 rings (SSSR count). The van der Waals surface area contributed by atoms with E-state index in [1.165, 1.54) is 6.08 Å². The molecule has 0 aromatic heterocycles. The third kappa shape index (κ3) is 4.91. The lowest BCUT2D eigenvalue weighted by molar-refractivity contribution is -0.173. The number of rotatable bonds is 3. The standard InChI is InChI=1S/C11H9ClF3NO/c12-9-5-1-3-8(7-9)4-2-6-16-10(17)11(13,14)15/h1-5,7H,6H2,(H,16,17). The van der Waals surface area contributed by atoms with Crippen LogP contribution in [-0.4, -0.2) is 18.6 Å². The normalized spacial score (nSPS) is 11.8. The summed E-state index contributed by atoms with van der Waals surface area (Å²) in [6, 6.07) is 6.80. The molecular weight excluding hydrogens is 255 g/mol. The molecule has 0 aliphatic heterocycles. The van der Waals surface area contributed by atoms with Gasteiger partial charge in [0.25, 0.3) is 0 Å². The maximum Gasteiger partial charge on any atom is 0.471 e. The van der Waals surface area contributed by atoms with Crippen LogP contribution in [0.15, 0.2) is 30.3 Å². The molecule has 1 aromatic carbocycles. The fourth-order valence-electron chi connectivity index (χ4n) is 1.06. The average Bonchev–Trinajstić information content (AvgIpc) is 2.23. The minimum absolute atomic E-state index is 0.190. The van der Waals surface area contributed by atoms with Crippen molar-refractivity contribution in [3.63, 3.8) is 0 Å².